The molecule has 0 aromatic heterocycles. The molecular formula is C9H11BN. The highest BCUT2D eigenvalue weighted by molar-refractivity contribution is 6.52. The molecule has 1 aliphatic rings. The minimum Gasteiger partial charge on any atom is -0.339 e. The third kappa shape index (κ3) is 1.18. The van der Waals surface area contributed by atoms with Gasteiger partial charge in [0.15, 0.2) is 0 Å². The Kier molecular flexibility index (Phi) is 1.70. The molecule has 1 aliphatic heterocycles. The van der Waals surface area contributed by atoms with E-state index < -0.39 is 0 Å². The van der Waals surface area contributed by atoms with Crippen molar-refractivity contribution in [3.63, 3.8) is 0 Å². The predicted molar refractivity (Wildman–Crippen MR) is 47.9 cm³/mol. The van der Waals surface area contributed by atoms with Crippen LogP contribution >= 0.6 is 0 Å². The first-order valence-electron chi connectivity index (χ1n) is 4.07. The number of fused-ring (bicyclic) bond motifs is 1. The van der Waals surface area contributed by atoms with Gasteiger partial charge in [-0.25, -0.2) is 0 Å². The van der Waals surface area contributed by atoms with Crippen molar-refractivity contribution in [3.8, 4) is 0 Å². The summed E-state index contributed by atoms with van der Waals surface area (Å²) in [5.41, 5.74) is 2.84. The molecule has 55 valence electrons. The van der Waals surface area contributed by atoms with Crippen LogP contribution in [-0.4, -0.2) is 18.8 Å². The molecular weight excluding hydrogens is 133 g/mol. The van der Waals surface area contributed by atoms with Crippen LogP contribution in [0.15, 0.2) is 24.3 Å². The standard InChI is InChI=1S/C9H11BN/c1-2-11-7-8-5-3-4-6-9(8)10-11/h3-6H,2,7H2,1H3. The summed E-state index contributed by atoms with van der Waals surface area (Å²) in [6, 6.07) is 8.56. The Morgan fingerprint density at radius 1 is 1.45 bits per heavy atom. The van der Waals surface area contributed by atoms with E-state index in [1.165, 1.54) is 11.0 Å². The Balaban J connectivity index is 2.27. The number of nitrogens with zero attached hydrogens (tertiary/aromatic N) is 1. The zero-order valence-electron chi connectivity index (χ0n) is 6.75. The van der Waals surface area contributed by atoms with Crippen molar-refractivity contribution in [2.24, 2.45) is 0 Å². The van der Waals surface area contributed by atoms with Gasteiger partial charge in [0.2, 0.25) is 7.41 Å². The number of hydrogen-bond acceptors (Lipinski definition) is 1. The molecule has 1 aromatic carbocycles. The van der Waals surface area contributed by atoms with Gasteiger partial charge in [0.1, 0.15) is 0 Å². The van der Waals surface area contributed by atoms with Gasteiger partial charge in [-0.2, -0.15) is 0 Å². The van der Waals surface area contributed by atoms with Crippen LogP contribution in [0.4, 0.5) is 0 Å². The number of benzene rings is 1. The van der Waals surface area contributed by atoms with Gasteiger partial charge in [0.25, 0.3) is 0 Å². The zero-order chi connectivity index (χ0) is 7.68. The molecule has 0 aliphatic carbocycles. The van der Waals surface area contributed by atoms with Crippen molar-refractivity contribution in [2.45, 2.75) is 13.5 Å². The van der Waals surface area contributed by atoms with E-state index in [0.717, 1.165) is 13.1 Å². The fraction of sp³-hybridized carbons (Fsp3) is 0.333. The molecule has 0 fully saturated rings. The minimum atomic E-state index is 1.09. The fourth-order valence-corrected chi connectivity index (χ4v) is 1.47. The first-order chi connectivity index (χ1) is 5.40. The lowest BCUT2D eigenvalue weighted by Crippen LogP contribution is -2.25. The van der Waals surface area contributed by atoms with Crippen molar-refractivity contribution in [3.05, 3.63) is 29.8 Å². The topological polar surface area (TPSA) is 3.24 Å². The van der Waals surface area contributed by atoms with Crippen molar-refractivity contribution in [2.75, 3.05) is 6.54 Å². The average molecular weight is 144 g/mol. The summed E-state index contributed by atoms with van der Waals surface area (Å²) < 4.78 is 0. The van der Waals surface area contributed by atoms with Crippen LogP contribution in [0.1, 0.15) is 12.5 Å². The highest BCUT2D eigenvalue weighted by Crippen LogP contribution is 2.07. The lowest BCUT2D eigenvalue weighted by atomic mass is 9.83. The Morgan fingerprint density at radius 3 is 3.00 bits per heavy atom. The quantitative estimate of drug-likeness (QED) is 0.526. The maximum Gasteiger partial charge on any atom is 0.248 e. The summed E-state index contributed by atoms with van der Waals surface area (Å²) in [6.45, 7) is 4.38. The highest BCUT2D eigenvalue weighted by Gasteiger charge is 2.17. The molecule has 1 aromatic rings. The summed E-state index contributed by atoms with van der Waals surface area (Å²) in [6.07, 6.45) is 0. The summed E-state index contributed by atoms with van der Waals surface area (Å²) in [4.78, 5) is 2.32. The average Bonchev–Trinajstić information content (AvgIpc) is 2.46. The molecule has 0 atom stereocenters. The summed E-state index contributed by atoms with van der Waals surface area (Å²) in [5, 5.41) is 0. The van der Waals surface area contributed by atoms with Crippen LogP contribution in [0.3, 0.4) is 0 Å². The SMILES string of the molecule is CCN1[B]c2ccccc2C1. The van der Waals surface area contributed by atoms with Crippen LogP contribution in [-0.2, 0) is 6.54 Å². The number of hydrogen-bond donors (Lipinski definition) is 0. The summed E-state index contributed by atoms with van der Waals surface area (Å²) in [7, 11) is 2.23. The normalized spacial score (nSPS) is 16.1. The van der Waals surface area contributed by atoms with Crippen molar-refractivity contribution < 1.29 is 0 Å². The van der Waals surface area contributed by atoms with E-state index in [2.05, 4.69) is 43.4 Å². The van der Waals surface area contributed by atoms with Crippen molar-refractivity contribution in [1.82, 2.24) is 4.81 Å². The van der Waals surface area contributed by atoms with Crippen LogP contribution in [0.5, 0.6) is 0 Å². The van der Waals surface area contributed by atoms with Gasteiger partial charge in [0, 0.05) is 6.54 Å². The molecule has 1 heterocycles. The molecule has 0 bridgehead atoms. The van der Waals surface area contributed by atoms with Gasteiger partial charge in [-0.15, -0.1) is 0 Å². The second kappa shape index (κ2) is 2.70. The molecule has 0 saturated heterocycles. The van der Waals surface area contributed by atoms with Crippen LogP contribution < -0.4 is 5.46 Å². The van der Waals surface area contributed by atoms with Crippen LogP contribution in [0.2, 0.25) is 0 Å². The van der Waals surface area contributed by atoms with E-state index >= 15 is 0 Å². The second-order valence-corrected chi connectivity index (χ2v) is 2.89. The van der Waals surface area contributed by atoms with E-state index in [9.17, 15) is 0 Å². The van der Waals surface area contributed by atoms with Gasteiger partial charge in [-0.3, -0.25) is 0 Å². The first kappa shape index (κ1) is 6.92. The first-order valence-corrected chi connectivity index (χ1v) is 4.07. The van der Waals surface area contributed by atoms with Crippen LogP contribution in [0.25, 0.3) is 0 Å². The van der Waals surface area contributed by atoms with E-state index in [0.29, 0.717) is 0 Å². The zero-order valence-corrected chi connectivity index (χ0v) is 6.75. The summed E-state index contributed by atoms with van der Waals surface area (Å²) >= 11 is 0. The van der Waals surface area contributed by atoms with E-state index in [1.807, 2.05) is 0 Å². The Labute approximate surface area is 68.3 Å². The molecule has 2 rings (SSSR count). The predicted octanol–water partition coefficient (Wildman–Crippen LogP) is 0.767. The largest absolute Gasteiger partial charge is 0.339 e. The third-order valence-corrected chi connectivity index (χ3v) is 2.16. The van der Waals surface area contributed by atoms with E-state index in [-0.39, 0.29) is 0 Å². The minimum absolute atomic E-state index is 1.09. The van der Waals surface area contributed by atoms with Gasteiger partial charge in [0.05, 0.1) is 0 Å². The molecule has 0 amide bonds. The van der Waals surface area contributed by atoms with Gasteiger partial charge < -0.3 is 4.81 Å². The lowest BCUT2D eigenvalue weighted by Gasteiger charge is -2.08. The molecule has 0 N–H and O–H groups in total. The summed E-state index contributed by atoms with van der Waals surface area (Å²) in [5.74, 6) is 0. The van der Waals surface area contributed by atoms with Gasteiger partial charge >= 0.3 is 0 Å². The van der Waals surface area contributed by atoms with Crippen LogP contribution in [0, 0.1) is 0 Å². The monoisotopic (exact) mass is 144 g/mol. The van der Waals surface area contributed by atoms with E-state index in [4.69, 9.17) is 0 Å². The smallest absolute Gasteiger partial charge is 0.248 e. The Morgan fingerprint density at radius 2 is 2.27 bits per heavy atom. The fourth-order valence-electron chi connectivity index (χ4n) is 1.47. The molecule has 11 heavy (non-hydrogen) atoms. The Hall–Kier alpha value is -0.755. The molecule has 0 unspecified atom stereocenters. The maximum atomic E-state index is 2.32. The van der Waals surface area contributed by atoms with E-state index in [1.54, 1.807) is 0 Å². The maximum absolute atomic E-state index is 2.32. The molecule has 2 heteroatoms. The highest BCUT2D eigenvalue weighted by atomic mass is 15.0. The second-order valence-electron chi connectivity index (χ2n) is 2.89. The lowest BCUT2D eigenvalue weighted by molar-refractivity contribution is 0.481. The molecule has 1 nitrogen and oxygen atoms in total. The third-order valence-electron chi connectivity index (χ3n) is 2.16. The van der Waals surface area contributed by atoms with Crippen molar-refractivity contribution >= 4 is 12.9 Å². The Bertz CT molecular complexity index is 234. The molecule has 0 saturated carbocycles. The number of rotatable bonds is 1. The molecule has 0 spiro atoms. The van der Waals surface area contributed by atoms with Crippen molar-refractivity contribution in [1.29, 1.82) is 0 Å². The van der Waals surface area contributed by atoms with Gasteiger partial charge in [-0.1, -0.05) is 36.7 Å². The van der Waals surface area contributed by atoms with Gasteiger partial charge in [-0.05, 0) is 12.1 Å². The molecule has 1 radical (unpaired) electrons.